The van der Waals surface area contributed by atoms with Crippen molar-refractivity contribution in [3.05, 3.63) is 23.8 Å². The molecule has 1 aromatic carbocycles. The van der Waals surface area contributed by atoms with Crippen molar-refractivity contribution in [2.75, 3.05) is 26.8 Å². The molecular formula is C20H29N3O3. The van der Waals surface area contributed by atoms with Crippen LogP contribution in [0.1, 0.15) is 38.7 Å². The largest absolute Gasteiger partial charge is 0.493 e. The molecule has 1 heterocycles. The number of nitriles is 1. The van der Waals surface area contributed by atoms with Gasteiger partial charge in [0.15, 0.2) is 11.5 Å². The number of benzene rings is 1. The van der Waals surface area contributed by atoms with Gasteiger partial charge in [-0.25, -0.2) is 4.79 Å². The van der Waals surface area contributed by atoms with Gasteiger partial charge in [0.2, 0.25) is 0 Å². The fourth-order valence-electron chi connectivity index (χ4n) is 2.85. The molecule has 1 saturated heterocycles. The quantitative estimate of drug-likeness (QED) is 0.808. The van der Waals surface area contributed by atoms with E-state index in [1.807, 2.05) is 18.2 Å². The maximum absolute atomic E-state index is 12.3. The van der Waals surface area contributed by atoms with Gasteiger partial charge in [0.1, 0.15) is 0 Å². The SMILES string of the molecule is COc1cc(CNC(=O)N2CCC(C#N)CC2)ccc1OCCC(C)C. The summed E-state index contributed by atoms with van der Waals surface area (Å²) < 4.78 is 11.2. The average molecular weight is 359 g/mol. The summed E-state index contributed by atoms with van der Waals surface area (Å²) in [6.07, 6.45) is 2.49. The predicted molar refractivity (Wildman–Crippen MR) is 100 cm³/mol. The van der Waals surface area contributed by atoms with Crippen molar-refractivity contribution >= 4 is 6.03 Å². The molecule has 0 unspecified atom stereocenters. The van der Waals surface area contributed by atoms with E-state index in [2.05, 4.69) is 25.2 Å². The summed E-state index contributed by atoms with van der Waals surface area (Å²) in [5.41, 5.74) is 0.957. The number of nitrogens with zero attached hydrogens (tertiary/aromatic N) is 2. The number of amides is 2. The van der Waals surface area contributed by atoms with Gasteiger partial charge in [0.25, 0.3) is 0 Å². The van der Waals surface area contributed by atoms with Crippen molar-refractivity contribution < 1.29 is 14.3 Å². The van der Waals surface area contributed by atoms with Crippen LogP contribution in [0.3, 0.4) is 0 Å². The van der Waals surface area contributed by atoms with Gasteiger partial charge in [-0.2, -0.15) is 5.26 Å². The van der Waals surface area contributed by atoms with E-state index in [-0.39, 0.29) is 11.9 Å². The number of carbonyl (C=O) groups excluding carboxylic acids is 1. The van der Waals surface area contributed by atoms with Crippen LogP contribution in [-0.4, -0.2) is 37.7 Å². The number of carbonyl (C=O) groups is 1. The molecule has 0 atom stereocenters. The zero-order valence-electron chi connectivity index (χ0n) is 16.0. The lowest BCUT2D eigenvalue weighted by molar-refractivity contribution is 0.178. The summed E-state index contributed by atoms with van der Waals surface area (Å²) in [6.45, 7) is 6.68. The molecule has 6 heteroatoms. The number of methoxy groups -OCH3 is 1. The van der Waals surface area contributed by atoms with Gasteiger partial charge in [0, 0.05) is 25.6 Å². The molecule has 1 fully saturated rings. The van der Waals surface area contributed by atoms with Crippen LogP contribution in [0.5, 0.6) is 11.5 Å². The van der Waals surface area contributed by atoms with Crippen molar-refractivity contribution in [1.82, 2.24) is 10.2 Å². The summed E-state index contributed by atoms with van der Waals surface area (Å²) in [5, 5.41) is 11.9. The highest BCUT2D eigenvalue weighted by molar-refractivity contribution is 5.74. The topological polar surface area (TPSA) is 74.6 Å². The Morgan fingerprint density at radius 2 is 2.08 bits per heavy atom. The number of hydrogen-bond donors (Lipinski definition) is 1. The summed E-state index contributed by atoms with van der Waals surface area (Å²) in [7, 11) is 1.62. The Balaban J connectivity index is 1.85. The summed E-state index contributed by atoms with van der Waals surface area (Å²) in [5.74, 6) is 2.07. The van der Waals surface area contributed by atoms with Crippen molar-refractivity contribution in [2.24, 2.45) is 11.8 Å². The molecule has 0 saturated carbocycles. The van der Waals surface area contributed by atoms with Crippen LogP contribution >= 0.6 is 0 Å². The zero-order valence-corrected chi connectivity index (χ0v) is 16.0. The molecule has 1 aromatic rings. The van der Waals surface area contributed by atoms with E-state index in [0.717, 1.165) is 30.6 Å². The Morgan fingerprint density at radius 1 is 1.35 bits per heavy atom. The smallest absolute Gasteiger partial charge is 0.317 e. The van der Waals surface area contributed by atoms with Gasteiger partial charge in [-0.3, -0.25) is 0 Å². The molecule has 0 aromatic heterocycles. The lowest BCUT2D eigenvalue weighted by atomic mass is 9.99. The lowest BCUT2D eigenvalue weighted by Crippen LogP contribution is -2.44. The maximum atomic E-state index is 12.3. The minimum atomic E-state index is -0.0855. The second-order valence-corrected chi connectivity index (χ2v) is 7.07. The molecular weight excluding hydrogens is 330 g/mol. The first-order valence-corrected chi connectivity index (χ1v) is 9.25. The van der Waals surface area contributed by atoms with Gasteiger partial charge in [-0.15, -0.1) is 0 Å². The van der Waals surface area contributed by atoms with Gasteiger partial charge < -0.3 is 19.7 Å². The van der Waals surface area contributed by atoms with Crippen LogP contribution in [0.15, 0.2) is 18.2 Å². The molecule has 1 aliphatic rings. The molecule has 6 nitrogen and oxygen atoms in total. The second kappa shape index (κ2) is 9.91. The number of likely N-dealkylation sites (tertiary alicyclic amines) is 1. The van der Waals surface area contributed by atoms with Crippen LogP contribution in [-0.2, 0) is 6.54 Å². The minimum absolute atomic E-state index is 0.0755. The Labute approximate surface area is 156 Å². The number of nitrogens with one attached hydrogen (secondary N) is 1. The highest BCUT2D eigenvalue weighted by Crippen LogP contribution is 2.28. The number of hydrogen-bond acceptors (Lipinski definition) is 4. The van der Waals surface area contributed by atoms with Crippen LogP contribution in [0.4, 0.5) is 4.79 Å². The van der Waals surface area contributed by atoms with E-state index in [1.165, 1.54) is 0 Å². The van der Waals surface area contributed by atoms with Crippen LogP contribution in [0, 0.1) is 23.2 Å². The molecule has 2 rings (SSSR count). The minimum Gasteiger partial charge on any atom is -0.493 e. The van der Waals surface area contributed by atoms with Gasteiger partial charge in [-0.1, -0.05) is 19.9 Å². The highest BCUT2D eigenvalue weighted by Gasteiger charge is 2.22. The van der Waals surface area contributed by atoms with Crippen molar-refractivity contribution in [2.45, 2.75) is 39.7 Å². The first-order chi connectivity index (χ1) is 12.5. The van der Waals surface area contributed by atoms with E-state index in [0.29, 0.717) is 37.9 Å². The van der Waals surface area contributed by atoms with E-state index in [1.54, 1.807) is 12.0 Å². The normalized spacial score (nSPS) is 14.8. The molecule has 0 spiro atoms. The monoisotopic (exact) mass is 359 g/mol. The molecule has 1 aliphatic heterocycles. The first kappa shape index (κ1) is 19.9. The third-order valence-corrected chi connectivity index (χ3v) is 4.59. The van der Waals surface area contributed by atoms with Crippen molar-refractivity contribution in [1.29, 1.82) is 5.26 Å². The zero-order chi connectivity index (χ0) is 18.9. The number of urea groups is 1. The standard InChI is InChI=1S/C20H29N3O3/c1-15(2)8-11-26-18-5-4-17(12-19(18)25-3)14-22-20(24)23-9-6-16(13-21)7-10-23/h4-5,12,15-16H,6-11,14H2,1-3H3,(H,22,24). The molecule has 0 radical (unpaired) electrons. The first-order valence-electron chi connectivity index (χ1n) is 9.25. The Bertz CT molecular complexity index is 632. The molecule has 26 heavy (non-hydrogen) atoms. The molecule has 1 N–H and O–H groups in total. The molecule has 2 amide bonds. The third kappa shape index (κ3) is 5.83. The summed E-state index contributed by atoms with van der Waals surface area (Å²) in [6, 6.07) is 7.91. The summed E-state index contributed by atoms with van der Waals surface area (Å²) in [4.78, 5) is 14.0. The van der Waals surface area contributed by atoms with E-state index in [4.69, 9.17) is 14.7 Å². The molecule has 142 valence electrons. The fraction of sp³-hybridized carbons (Fsp3) is 0.600. The second-order valence-electron chi connectivity index (χ2n) is 7.07. The number of rotatable bonds is 7. The number of ether oxygens (including phenoxy) is 2. The van der Waals surface area contributed by atoms with Gasteiger partial charge in [0.05, 0.1) is 19.8 Å². The fourth-order valence-corrected chi connectivity index (χ4v) is 2.85. The van der Waals surface area contributed by atoms with E-state index in [9.17, 15) is 4.79 Å². The highest BCUT2D eigenvalue weighted by atomic mass is 16.5. The van der Waals surface area contributed by atoms with Gasteiger partial charge >= 0.3 is 6.03 Å². The van der Waals surface area contributed by atoms with Crippen molar-refractivity contribution in [3.8, 4) is 17.6 Å². The van der Waals surface area contributed by atoms with Gasteiger partial charge in [-0.05, 0) is 42.9 Å². The lowest BCUT2D eigenvalue weighted by Gasteiger charge is -2.29. The average Bonchev–Trinajstić information content (AvgIpc) is 2.66. The third-order valence-electron chi connectivity index (χ3n) is 4.59. The predicted octanol–water partition coefficient (Wildman–Crippen LogP) is 3.57. The maximum Gasteiger partial charge on any atom is 0.317 e. The van der Waals surface area contributed by atoms with Crippen LogP contribution < -0.4 is 14.8 Å². The summed E-state index contributed by atoms with van der Waals surface area (Å²) >= 11 is 0. The Hall–Kier alpha value is -2.42. The van der Waals surface area contributed by atoms with E-state index < -0.39 is 0 Å². The molecule has 0 aliphatic carbocycles. The Kier molecular flexibility index (Phi) is 7.58. The number of piperidine rings is 1. The van der Waals surface area contributed by atoms with Crippen LogP contribution in [0.25, 0.3) is 0 Å². The van der Waals surface area contributed by atoms with E-state index >= 15 is 0 Å². The molecule has 0 bridgehead atoms. The van der Waals surface area contributed by atoms with Crippen LogP contribution in [0.2, 0.25) is 0 Å². The Morgan fingerprint density at radius 3 is 2.69 bits per heavy atom. The van der Waals surface area contributed by atoms with Crippen molar-refractivity contribution in [3.63, 3.8) is 0 Å².